The Morgan fingerprint density at radius 1 is 1.03 bits per heavy atom. The molecular weight excluding hydrogens is 366 g/mol. The average Bonchev–Trinajstić information content (AvgIpc) is 3.22. The molecule has 0 saturated heterocycles. The number of amides is 1. The highest BCUT2D eigenvalue weighted by molar-refractivity contribution is 5.89. The minimum Gasteiger partial charge on any atom is -0.457 e. The van der Waals surface area contributed by atoms with Crippen LogP contribution in [0.15, 0.2) is 67.3 Å². The fourth-order valence-electron chi connectivity index (χ4n) is 3.69. The summed E-state index contributed by atoms with van der Waals surface area (Å²) in [6, 6.07) is 15.4. The lowest BCUT2D eigenvalue weighted by molar-refractivity contribution is -0.121. The van der Waals surface area contributed by atoms with Crippen LogP contribution in [0.5, 0.6) is 11.5 Å². The summed E-state index contributed by atoms with van der Waals surface area (Å²) in [5.74, 6) is 1.67. The standard InChI is InChI=1S/C22H19N5O2/c28-21(23-11-5-6-15-12-24-22-25-14-26-27(22)13-15)20-16-7-1-3-9-18(16)29-19-10-4-2-8-17(19)20/h1-4,7-10,12-14,20H,5-6,11H2,(H,23,28). The number of fused-ring (bicyclic) bond motifs is 3. The number of benzene rings is 2. The minimum absolute atomic E-state index is 0.0157. The largest absolute Gasteiger partial charge is 0.457 e. The molecule has 7 nitrogen and oxygen atoms in total. The van der Waals surface area contributed by atoms with E-state index in [1.54, 1.807) is 10.7 Å². The Morgan fingerprint density at radius 2 is 1.76 bits per heavy atom. The molecule has 0 spiro atoms. The lowest BCUT2D eigenvalue weighted by atomic mass is 9.87. The third-order valence-electron chi connectivity index (χ3n) is 5.07. The lowest BCUT2D eigenvalue weighted by Crippen LogP contribution is -2.32. The van der Waals surface area contributed by atoms with Crippen molar-refractivity contribution in [3.63, 3.8) is 0 Å². The Kier molecular flexibility index (Phi) is 4.40. The molecule has 0 aliphatic carbocycles. The monoisotopic (exact) mass is 385 g/mol. The van der Waals surface area contributed by atoms with E-state index >= 15 is 0 Å². The SMILES string of the molecule is O=C(NCCCc1cnc2ncnn2c1)C1c2ccccc2Oc2ccccc21. The van der Waals surface area contributed by atoms with Crippen LogP contribution < -0.4 is 10.1 Å². The molecule has 0 unspecified atom stereocenters. The first-order chi connectivity index (χ1) is 14.3. The first-order valence-corrected chi connectivity index (χ1v) is 9.57. The molecule has 0 bridgehead atoms. The van der Waals surface area contributed by atoms with Gasteiger partial charge in [0.15, 0.2) is 0 Å². The van der Waals surface area contributed by atoms with E-state index in [1.807, 2.05) is 54.7 Å². The summed E-state index contributed by atoms with van der Waals surface area (Å²) in [6.45, 7) is 0.579. The molecule has 1 amide bonds. The van der Waals surface area contributed by atoms with Crippen LogP contribution in [-0.4, -0.2) is 32.0 Å². The van der Waals surface area contributed by atoms with Crippen molar-refractivity contribution in [3.05, 3.63) is 83.9 Å². The predicted octanol–water partition coefficient (Wildman–Crippen LogP) is 3.11. The van der Waals surface area contributed by atoms with Crippen molar-refractivity contribution in [2.24, 2.45) is 0 Å². The predicted molar refractivity (Wildman–Crippen MR) is 107 cm³/mol. The fourth-order valence-corrected chi connectivity index (χ4v) is 3.69. The number of hydrogen-bond acceptors (Lipinski definition) is 5. The van der Waals surface area contributed by atoms with Gasteiger partial charge in [-0.3, -0.25) is 4.79 Å². The van der Waals surface area contributed by atoms with E-state index in [4.69, 9.17) is 4.74 Å². The molecule has 7 heteroatoms. The highest BCUT2D eigenvalue weighted by atomic mass is 16.5. The number of carbonyl (C=O) groups excluding carboxylic acids is 1. The Labute approximate surface area is 167 Å². The van der Waals surface area contributed by atoms with E-state index < -0.39 is 0 Å². The summed E-state index contributed by atoms with van der Waals surface area (Å²) in [4.78, 5) is 21.4. The van der Waals surface area contributed by atoms with Gasteiger partial charge in [0.2, 0.25) is 5.91 Å². The molecule has 2 aromatic heterocycles. The Hall–Kier alpha value is -3.74. The quantitative estimate of drug-likeness (QED) is 0.534. The van der Waals surface area contributed by atoms with Crippen molar-refractivity contribution < 1.29 is 9.53 Å². The van der Waals surface area contributed by atoms with Crippen LogP contribution in [0.4, 0.5) is 0 Å². The third kappa shape index (κ3) is 3.31. The number of nitrogens with zero attached hydrogens (tertiary/aromatic N) is 4. The van der Waals surface area contributed by atoms with Crippen LogP contribution in [0, 0.1) is 0 Å². The van der Waals surface area contributed by atoms with Gasteiger partial charge in [0, 0.05) is 30.1 Å². The second-order valence-electron chi connectivity index (χ2n) is 6.97. The van der Waals surface area contributed by atoms with Crippen molar-refractivity contribution in [3.8, 4) is 11.5 Å². The fraction of sp³-hybridized carbons (Fsp3) is 0.182. The van der Waals surface area contributed by atoms with Crippen molar-refractivity contribution in [2.45, 2.75) is 18.8 Å². The van der Waals surface area contributed by atoms with Crippen LogP contribution in [0.1, 0.15) is 29.0 Å². The molecule has 144 valence electrons. The van der Waals surface area contributed by atoms with E-state index in [0.717, 1.165) is 41.0 Å². The molecule has 5 rings (SSSR count). The Bertz CT molecular complexity index is 1140. The number of rotatable bonds is 5. The van der Waals surface area contributed by atoms with Gasteiger partial charge < -0.3 is 10.1 Å². The topological polar surface area (TPSA) is 81.4 Å². The second-order valence-corrected chi connectivity index (χ2v) is 6.97. The lowest BCUT2D eigenvalue weighted by Gasteiger charge is -2.27. The second kappa shape index (κ2) is 7.35. The number of aryl methyl sites for hydroxylation is 1. The van der Waals surface area contributed by atoms with E-state index in [2.05, 4.69) is 20.4 Å². The van der Waals surface area contributed by atoms with E-state index in [1.165, 1.54) is 6.33 Å². The molecule has 0 atom stereocenters. The highest BCUT2D eigenvalue weighted by Crippen LogP contribution is 2.43. The summed E-state index contributed by atoms with van der Waals surface area (Å²) in [7, 11) is 0. The van der Waals surface area contributed by atoms with Crippen LogP contribution in [0.3, 0.4) is 0 Å². The van der Waals surface area contributed by atoms with Gasteiger partial charge in [-0.05, 0) is 30.5 Å². The summed E-state index contributed by atoms with van der Waals surface area (Å²) >= 11 is 0. The van der Waals surface area contributed by atoms with Crippen LogP contribution in [-0.2, 0) is 11.2 Å². The van der Waals surface area contributed by atoms with Gasteiger partial charge in [-0.1, -0.05) is 36.4 Å². The van der Waals surface area contributed by atoms with Gasteiger partial charge in [-0.2, -0.15) is 10.1 Å². The van der Waals surface area contributed by atoms with Crippen molar-refractivity contribution in [1.29, 1.82) is 0 Å². The zero-order chi connectivity index (χ0) is 19.6. The first-order valence-electron chi connectivity index (χ1n) is 9.57. The van der Waals surface area contributed by atoms with E-state index in [0.29, 0.717) is 12.3 Å². The maximum atomic E-state index is 13.1. The number of aromatic nitrogens is 4. The van der Waals surface area contributed by atoms with Crippen LogP contribution in [0.2, 0.25) is 0 Å². The van der Waals surface area contributed by atoms with E-state index in [9.17, 15) is 4.79 Å². The van der Waals surface area contributed by atoms with Gasteiger partial charge in [0.1, 0.15) is 17.8 Å². The molecule has 2 aromatic carbocycles. The van der Waals surface area contributed by atoms with Gasteiger partial charge in [-0.15, -0.1) is 0 Å². The average molecular weight is 385 g/mol. The highest BCUT2D eigenvalue weighted by Gasteiger charge is 2.32. The van der Waals surface area contributed by atoms with Gasteiger partial charge >= 0.3 is 0 Å². The zero-order valence-corrected chi connectivity index (χ0v) is 15.7. The molecule has 0 radical (unpaired) electrons. The smallest absolute Gasteiger partial charge is 0.252 e. The van der Waals surface area contributed by atoms with Crippen molar-refractivity contribution >= 4 is 11.7 Å². The zero-order valence-electron chi connectivity index (χ0n) is 15.7. The summed E-state index contributed by atoms with van der Waals surface area (Å²) in [5, 5.41) is 7.19. The maximum absolute atomic E-state index is 13.1. The molecule has 0 saturated carbocycles. The first kappa shape index (κ1) is 17.4. The molecule has 3 heterocycles. The number of para-hydroxylation sites is 2. The van der Waals surface area contributed by atoms with Crippen molar-refractivity contribution in [2.75, 3.05) is 6.54 Å². The number of ether oxygens (including phenoxy) is 1. The van der Waals surface area contributed by atoms with Crippen LogP contribution in [0.25, 0.3) is 5.78 Å². The minimum atomic E-state index is -0.371. The molecule has 1 N–H and O–H groups in total. The molecule has 4 aromatic rings. The van der Waals surface area contributed by atoms with Crippen molar-refractivity contribution in [1.82, 2.24) is 24.9 Å². The van der Waals surface area contributed by atoms with E-state index in [-0.39, 0.29) is 11.8 Å². The van der Waals surface area contributed by atoms with Gasteiger partial charge in [0.25, 0.3) is 5.78 Å². The number of carbonyl (C=O) groups is 1. The number of nitrogens with one attached hydrogen (secondary N) is 1. The normalized spacial score (nSPS) is 12.8. The van der Waals surface area contributed by atoms with Crippen LogP contribution >= 0.6 is 0 Å². The summed E-state index contributed by atoms with van der Waals surface area (Å²) in [6.07, 6.45) is 6.80. The number of hydrogen-bond donors (Lipinski definition) is 1. The van der Waals surface area contributed by atoms with Gasteiger partial charge in [0.05, 0.1) is 5.92 Å². The molecule has 0 fully saturated rings. The Morgan fingerprint density at radius 3 is 2.52 bits per heavy atom. The molecule has 1 aliphatic heterocycles. The molecule has 1 aliphatic rings. The maximum Gasteiger partial charge on any atom is 0.252 e. The Balaban J connectivity index is 1.27. The third-order valence-corrected chi connectivity index (χ3v) is 5.07. The molecule has 29 heavy (non-hydrogen) atoms. The summed E-state index contributed by atoms with van der Waals surface area (Å²) in [5.41, 5.74) is 2.84. The van der Waals surface area contributed by atoms with Gasteiger partial charge in [-0.25, -0.2) is 9.50 Å². The summed E-state index contributed by atoms with van der Waals surface area (Å²) < 4.78 is 7.63. The molecular formula is C22H19N5O2.